The number of para-hydroxylation sites is 1. The van der Waals surface area contributed by atoms with Gasteiger partial charge >= 0.3 is 19.7 Å². The molecule has 0 saturated carbocycles. The van der Waals surface area contributed by atoms with Crippen LogP contribution in [-0.2, 0) is 23.4 Å². The van der Waals surface area contributed by atoms with Crippen LogP contribution in [0.2, 0.25) is 0 Å². The molecule has 1 aliphatic heterocycles. The lowest BCUT2D eigenvalue weighted by Crippen LogP contribution is -2.46. The van der Waals surface area contributed by atoms with Gasteiger partial charge in [0.25, 0.3) is 6.23 Å². The quantitative estimate of drug-likeness (QED) is 0.190. The van der Waals surface area contributed by atoms with E-state index in [9.17, 15) is 29.5 Å². The lowest BCUT2D eigenvalue weighted by atomic mass is 10.1. The van der Waals surface area contributed by atoms with Crippen LogP contribution in [0.1, 0.15) is 37.4 Å². The summed E-state index contributed by atoms with van der Waals surface area (Å²) in [6, 6.07) is 9.89. The molecule has 0 bridgehead atoms. The van der Waals surface area contributed by atoms with Crippen LogP contribution in [-0.4, -0.2) is 64.3 Å². The van der Waals surface area contributed by atoms with Crippen LogP contribution in [0.15, 0.2) is 54.9 Å². The molecule has 1 aliphatic rings. The average Bonchev–Trinajstić information content (AvgIpc) is 3.11. The maximum Gasteiger partial charge on any atom is 0.459 e. The van der Waals surface area contributed by atoms with Crippen molar-refractivity contribution in [2.45, 2.75) is 57.5 Å². The summed E-state index contributed by atoms with van der Waals surface area (Å²) in [5.41, 5.74) is -0.0466. The van der Waals surface area contributed by atoms with Gasteiger partial charge in [-0.2, -0.15) is 9.65 Å². The lowest BCUT2D eigenvalue weighted by molar-refractivity contribution is -0.765. The number of carboxylic acids is 1. The van der Waals surface area contributed by atoms with Crippen LogP contribution in [0.4, 0.5) is 0 Å². The molecule has 0 amide bonds. The highest BCUT2D eigenvalue weighted by Gasteiger charge is 2.49. The van der Waals surface area contributed by atoms with E-state index in [0.717, 1.165) is 0 Å². The fourth-order valence-corrected chi connectivity index (χ4v) is 4.90. The van der Waals surface area contributed by atoms with Gasteiger partial charge in [0, 0.05) is 6.07 Å². The van der Waals surface area contributed by atoms with Gasteiger partial charge in [-0.05, 0) is 39.0 Å². The minimum Gasteiger partial charge on any atom is -0.477 e. The Kier molecular flexibility index (Phi) is 9.18. The van der Waals surface area contributed by atoms with Crippen LogP contribution in [0.5, 0.6) is 5.75 Å². The molecule has 2 aromatic rings. The van der Waals surface area contributed by atoms with E-state index in [1.165, 1.54) is 36.0 Å². The highest BCUT2D eigenvalue weighted by atomic mass is 31.2. The summed E-state index contributed by atoms with van der Waals surface area (Å²) in [7, 11) is -4.21. The minimum atomic E-state index is -4.21. The summed E-state index contributed by atoms with van der Waals surface area (Å²) in [5.74, 6) is -1.65. The largest absolute Gasteiger partial charge is 0.477 e. The molecule has 1 aromatic heterocycles. The Labute approximate surface area is 208 Å². The number of hydrogen-bond acceptors (Lipinski definition) is 9. The fourth-order valence-electron chi connectivity index (χ4n) is 3.40. The van der Waals surface area contributed by atoms with Crippen molar-refractivity contribution in [1.29, 1.82) is 0 Å². The number of nitrogens with one attached hydrogen (secondary N) is 1. The third kappa shape index (κ3) is 7.10. The zero-order valence-electron chi connectivity index (χ0n) is 20.0. The Morgan fingerprint density at radius 2 is 1.81 bits per heavy atom. The van der Waals surface area contributed by atoms with Crippen LogP contribution in [0.25, 0.3) is 0 Å². The van der Waals surface area contributed by atoms with Gasteiger partial charge in [0.15, 0.2) is 18.5 Å². The van der Waals surface area contributed by atoms with E-state index in [1.807, 2.05) is 0 Å². The van der Waals surface area contributed by atoms with E-state index < -0.39 is 63.0 Å². The molecule has 1 aromatic carbocycles. The maximum absolute atomic E-state index is 13.6. The first-order valence-corrected chi connectivity index (χ1v) is 12.8. The predicted molar refractivity (Wildman–Crippen MR) is 124 cm³/mol. The number of nitrogens with zero attached hydrogens (tertiary/aromatic N) is 1. The van der Waals surface area contributed by atoms with Crippen molar-refractivity contribution in [2.75, 3.05) is 6.61 Å². The normalized spacial score (nSPS) is 24.2. The number of ether oxygens (including phenoxy) is 2. The number of pyridine rings is 1. The monoisotopic (exact) mass is 525 g/mol. The van der Waals surface area contributed by atoms with Gasteiger partial charge in [0.05, 0.1) is 12.7 Å². The number of aliphatic hydroxyl groups excluding tert-OH is 2. The van der Waals surface area contributed by atoms with Crippen molar-refractivity contribution in [1.82, 2.24) is 5.09 Å². The second-order valence-electron chi connectivity index (χ2n) is 8.43. The van der Waals surface area contributed by atoms with Gasteiger partial charge < -0.3 is 29.3 Å². The molecule has 3 rings (SSSR count). The molecule has 1 fully saturated rings. The summed E-state index contributed by atoms with van der Waals surface area (Å²) >= 11 is 0. The molecule has 2 heterocycles. The van der Waals surface area contributed by atoms with E-state index in [2.05, 4.69) is 5.09 Å². The van der Waals surface area contributed by atoms with E-state index in [0.29, 0.717) is 0 Å². The summed E-state index contributed by atoms with van der Waals surface area (Å²) in [6.45, 7) is 4.29. The van der Waals surface area contributed by atoms with Crippen molar-refractivity contribution < 1.29 is 52.6 Å². The molecule has 12 nitrogen and oxygen atoms in total. The van der Waals surface area contributed by atoms with Gasteiger partial charge in [0.1, 0.15) is 29.6 Å². The molecule has 1 saturated heterocycles. The van der Waals surface area contributed by atoms with Crippen LogP contribution < -0.4 is 14.2 Å². The molecule has 4 N–H and O–H groups in total. The number of aromatic nitrogens is 1. The molecule has 0 spiro atoms. The molecule has 0 aliphatic carbocycles. The maximum atomic E-state index is 13.6. The van der Waals surface area contributed by atoms with E-state index in [4.69, 9.17) is 18.5 Å². The van der Waals surface area contributed by atoms with Crippen LogP contribution in [0.3, 0.4) is 0 Å². The number of benzene rings is 1. The molecule has 36 heavy (non-hydrogen) atoms. The Morgan fingerprint density at radius 3 is 2.44 bits per heavy atom. The third-order valence-electron chi connectivity index (χ3n) is 5.13. The van der Waals surface area contributed by atoms with Crippen molar-refractivity contribution in [2.24, 2.45) is 0 Å². The topological polar surface area (TPSA) is 165 Å². The minimum absolute atomic E-state index is 0.0466. The first-order chi connectivity index (χ1) is 17.0. The first-order valence-electron chi connectivity index (χ1n) is 11.2. The molecule has 1 unspecified atom stereocenters. The summed E-state index contributed by atoms with van der Waals surface area (Å²) in [5, 5.41) is 32.7. The number of carbonyl (C=O) groups excluding carboxylic acids is 1. The smallest absolute Gasteiger partial charge is 0.459 e. The Balaban J connectivity index is 1.74. The van der Waals surface area contributed by atoms with E-state index in [1.54, 1.807) is 44.2 Å². The Morgan fingerprint density at radius 1 is 1.11 bits per heavy atom. The zero-order chi connectivity index (χ0) is 26.5. The fraction of sp³-hybridized carbons (Fsp3) is 0.435. The standard InChI is InChI=1S/C23H29N2O10P/c1-14(2)33-23(30)15(3)24-36(31,35-17-9-5-4-6-10-17)32-13-18-19(26)20(27)21(34-18)25-11-7-8-16(12-25)22(28)29/h4-12,14-15,18-21,26-27H,13H2,1-3H3,(H-,24,28,29,31)/p+1/t15-,18+,19+,20+,21+,36?/m0/s1. The zero-order valence-corrected chi connectivity index (χ0v) is 20.9. The molecule has 6 atom stereocenters. The second kappa shape index (κ2) is 11.9. The number of aliphatic hydroxyl groups is 2. The van der Waals surface area contributed by atoms with Gasteiger partial charge in [-0.15, -0.1) is 0 Å². The van der Waals surface area contributed by atoms with Crippen LogP contribution >= 0.6 is 7.75 Å². The average molecular weight is 525 g/mol. The second-order valence-corrected chi connectivity index (χ2v) is 10.1. The molecular formula is C23H30N2O10P+. The molecule has 13 heteroatoms. The lowest BCUT2D eigenvalue weighted by Gasteiger charge is -2.24. The van der Waals surface area contributed by atoms with Crippen molar-refractivity contribution in [3.8, 4) is 5.75 Å². The SMILES string of the molecule is CC(C)OC(=O)[C@H](C)NP(=O)(OC[C@H]1O[C@@H]([n+]2cccc(C(=O)O)c2)[C@H](O)[C@@H]1O)Oc1ccccc1. The van der Waals surface area contributed by atoms with Gasteiger partial charge in [-0.1, -0.05) is 18.2 Å². The van der Waals surface area contributed by atoms with Gasteiger partial charge in [0.2, 0.25) is 0 Å². The number of hydrogen-bond donors (Lipinski definition) is 4. The number of rotatable bonds is 11. The first kappa shape index (κ1) is 27.7. The molecule has 196 valence electrons. The van der Waals surface area contributed by atoms with Gasteiger partial charge in [-0.25, -0.2) is 9.36 Å². The Hall–Kier alpha value is -2.86. The number of carboxylic acid groups (broad SMARTS) is 1. The van der Waals surface area contributed by atoms with Crippen molar-refractivity contribution in [3.63, 3.8) is 0 Å². The number of esters is 1. The predicted octanol–water partition coefficient (Wildman–Crippen LogP) is 1.42. The van der Waals surface area contributed by atoms with Crippen molar-refractivity contribution in [3.05, 3.63) is 60.4 Å². The van der Waals surface area contributed by atoms with E-state index in [-0.39, 0.29) is 11.3 Å². The number of aromatic carboxylic acids is 1. The highest BCUT2D eigenvalue weighted by molar-refractivity contribution is 7.52. The third-order valence-corrected chi connectivity index (χ3v) is 6.78. The Bertz CT molecular complexity index is 1100. The summed E-state index contributed by atoms with van der Waals surface area (Å²) in [4.78, 5) is 23.5. The van der Waals surface area contributed by atoms with Crippen LogP contribution in [0, 0.1) is 0 Å². The molecule has 0 radical (unpaired) electrons. The summed E-state index contributed by atoms with van der Waals surface area (Å²) < 4.78 is 36.8. The summed E-state index contributed by atoms with van der Waals surface area (Å²) in [6.07, 6.45) is -2.84. The van der Waals surface area contributed by atoms with Crippen molar-refractivity contribution >= 4 is 19.7 Å². The molecular weight excluding hydrogens is 495 g/mol. The van der Waals surface area contributed by atoms with Gasteiger partial charge in [-0.3, -0.25) is 9.32 Å². The highest BCUT2D eigenvalue weighted by Crippen LogP contribution is 2.45. The van der Waals surface area contributed by atoms with E-state index >= 15 is 0 Å². The number of carbonyl (C=O) groups is 2.